The van der Waals surface area contributed by atoms with Gasteiger partial charge < -0.3 is 4.90 Å². The quantitative estimate of drug-likeness (QED) is 0.832. The maximum Gasteiger partial charge on any atom is 0.0234 e. The van der Waals surface area contributed by atoms with Crippen molar-refractivity contribution in [3.8, 4) is 0 Å². The van der Waals surface area contributed by atoms with E-state index < -0.39 is 0 Å². The normalized spacial score (nSPS) is 25.4. The van der Waals surface area contributed by atoms with Gasteiger partial charge in [-0.15, -0.1) is 0 Å². The molecule has 4 rings (SSSR count). The van der Waals surface area contributed by atoms with Crippen molar-refractivity contribution in [3.63, 3.8) is 0 Å². The molecule has 2 nitrogen and oxygen atoms in total. The molecule has 0 spiro atoms. The molecule has 2 aliphatic rings. The summed E-state index contributed by atoms with van der Waals surface area (Å²) in [5.74, 6) is 1.71. The molecule has 0 bridgehead atoms. The van der Waals surface area contributed by atoms with Crippen LogP contribution in [0.25, 0.3) is 0 Å². The Balaban J connectivity index is 1.22. The molecule has 0 radical (unpaired) electrons. The standard InChI is InChI=1S/C21H26N2/c1-3-7-18(8-4-1)16-22-11-13-23(14-12-22)17-20-15-21(20)19-9-5-2-6-10-19/h1-10,20-21H,11-17H2/t20-,21+/m0/s1. The van der Waals surface area contributed by atoms with Gasteiger partial charge in [-0.25, -0.2) is 0 Å². The van der Waals surface area contributed by atoms with Crippen LogP contribution in [-0.2, 0) is 6.54 Å². The second-order valence-corrected chi connectivity index (χ2v) is 7.08. The highest BCUT2D eigenvalue weighted by Gasteiger charge is 2.39. The zero-order valence-electron chi connectivity index (χ0n) is 13.8. The van der Waals surface area contributed by atoms with Gasteiger partial charge in [0.15, 0.2) is 0 Å². The molecule has 2 atom stereocenters. The minimum absolute atomic E-state index is 0.818. The third-order valence-electron chi connectivity index (χ3n) is 5.36. The molecule has 120 valence electrons. The Hall–Kier alpha value is -1.64. The number of hydrogen-bond acceptors (Lipinski definition) is 2. The summed E-state index contributed by atoms with van der Waals surface area (Å²) in [7, 11) is 0. The summed E-state index contributed by atoms with van der Waals surface area (Å²) in [6.45, 7) is 7.26. The molecule has 0 aromatic heterocycles. The third kappa shape index (κ3) is 3.82. The van der Waals surface area contributed by atoms with Crippen LogP contribution in [0.4, 0.5) is 0 Å². The van der Waals surface area contributed by atoms with E-state index in [0.717, 1.165) is 18.4 Å². The van der Waals surface area contributed by atoms with Crippen LogP contribution in [0.1, 0.15) is 23.5 Å². The summed E-state index contributed by atoms with van der Waals surface area (Å²) < 4.78 is 0. The molecule has 1 aliphatic carbocycles. The van der Waals surface area contributed by atoms with E-state index in [1.54, 1.807) is 5.56 Å². The van der Waals surface area contributed by atoms with Gasteiger partial charge in [0.25, 0.3) is 0 Å². The maximum atomic E-state index is 2.68. The van der Waals surface area contributed by atoms with Crippen molar-refractivity contribution >= 4 is 0 Å². The molecule has 23 heavy (non-hydrogen) atoms. The first-order valence-corrected chi connectivity index (χ1v) is 8.92. The first-order chi connectivity index (χ1) is 11.4. The predicted molar refractivity (Wildman–Crippen MR) is 95.4 cm³/mol. The van der Waals surface area contributed by atoms with E-state index in [-0.39, 0.29) is 0 Å². The van der Waals surface area contributed by atoms with Crippen LogP contribution in [0.15, 0.2) is 60.7 Å². The molecule has 0 N–H and O–H groups in total. The summed E-state index contributed by atoms with van der Waals surface area (Å²) in [6, 6.07) is 21.9. The average molecular weight is 306 g/mol. The second kappa shape index (κ2) is 6.86. The first-order valence-electron chi connectivity index (χ1n) is 8.92. The molecule has 2 aromatic rings. The molecule has 0 amide bonds. The van der Waals surface area contributed by atoms with Crippen LogP contribution in [0.3, 0.4) is 0 Å². The zero-order chi connectivity index (χ0) is 15.5. The van der Waals surface area contributed by atoms with Gasteiger partial charge in [-0.05, 0) is 29.4 Å². The Kier molecular flexibility index (Phi) is 4.45. The highest BCUT2D eigenvalue weighted by atomic mass is 15.3. The summed E-state index contributed by atoms with van der Waals surface area (Å²) in [4.78, 5) is 5.27. The molecular weight excluding hydrogens is 280 g/mol. The number of nitrogens with zero attached hydrogens (tertiary/aromatic N) is 2. The van der Waals surface area contributed by atoms with Gasteiger partial charge >= 0.3 is 0 Å². The van der Waals surface area contributed by atoms with E-state index in [1.165, 1.54) is 44.7 Å². The minimum Gasteiger partial charge on any atom is -0.300 e. The second-order valence-electron chi connectivity index (χ2n) is 7.08. The molecule has 0 unspecified atom stereocenters. The van der Waals surface area contributed by atoms with Crippen LogP contribution in [0.2, 0.25) is 0 Å². The minimum atomic E-state index is 0.818. The van der Waals surface area contributed by atoms with Gasteiger partial charge in [0, 0.05) is 39.3 Å². The summed E-state index contributed by atoms with van der Waals surface area (Å²) in [6.07, 6.45) is 1.38. The van der Waals surface area contributed by atoms with Gasteiger partial charge in [-0.1, -0.05) is 60.7 Å². The smallest absolute Gasteiger partial charge is 0.0234 e. The first kappa shape index (κ1) is 14.9. The number of rotatable bonds is 5. The van der Waals surface area contributed by atoms with Crippen molar-refractivity contribution < 1.29 is 0 Å². The van der Waals surface area contributed by atoms with Gasteiger partial charge in [-0.3, -0.25) is 4.90 Å². The van der Waals surface area contributed by atoms with Crippen molar-refractivity contribution in [2.45, 2.75) is 18.9 Å². The number of hydrogen-bond donors (Lipinski definition) is 0. The number of piperazine rings is 1. The summed E-state index contributed by atoms with van der Waals surface area (Å²) >= 11 is 0. The molecule has 2 heteroatoms. The van der Waals surface area contributed by atoms with E-state index in [4.69, 9.17) is 0 Å². The van der Waals surface area contributed by atoms with Crippen LogP contribution in [0.5, 0.6) is 0 Å². The van der Waals surface area contributed by atoms with Gasteiger partial charge in [0.2, 0.25) is 0 Å². The van der Waals surface area contributed by atoms with Crippen LogP contribution < -0.4 is 0 Å². The lowest BCUT2D eigenvalue weighted by Gasteiger charge is -2.34. The van der Waals surface area contributed by atoms with Crippen LogP contribution in [-0.4, -0.2) is 42.5 Å². The largest absolute Gasteiger partial charge is 0.300 e. The van der Waals surface area contributed by atoms with Gasteiger partial charge in [0.1, 0.15) is 0 Å². The van der Waals surface area contributed by atoms with Crippen molar-refractivity contribution in [1.29, 1.82) is 0 Å². The van der Waals surface area contributed by atoms with E-state index in [1.807, 2.05) is 0 Å². The van der Waals surface area contributed by atoms with Crippen molar-refractivity contribution in [2.75, 3.05) is 32.7 Å². The highest BCUT2D eigenvalue weighted by molar-refractivity contribution is 5.25. The molecule has 1 heterocycles. The molecular formula is C21H26N2. The van der Waals surface area contributed by atoms with Crippen molar-refractivity contribution in [1.82, 2.24) is 9.80 Å². The lowest BCUT2D eigenvalue weighted by molar-refractivity contribution is 0.123. The lowest BCUT2D eigenvalue weighted by Crippen LogP contribution is -2.46. The van der Waals surface area contributed by atoms with E-state index in [0.29, 0.717) is 0 Å². The summed E-state index contributed by atoms with van der Waals surface area (Å²) in [5.41, 5.74) is 2.98. The fourth-order valence-electron chi connectivity index (χ4n) is 3.86. The Morgan fingerprint density at radius 1 is 0.739 bits per heavy atom. The van der Waals surface area contributed by atoms with Crippen molar-refractivity contribution in [2.24, 2.45) is 5.92 Å². The fourth-order valence-corrected chi connectivity index (χ4v) is 3.86. The average Bonchev–Trinajstić information content (AvgIpc) is 3.38. The molecule has 2 aromatic carbocycles. The fraction of sp³-hybridized carbons (Fsp3) is 0.429. The highest BCUT2D eigenvalue weighted by Crippen LogP contribution is 2.47. The van der Waals surface area contributed by atoms with Gasteiger partial charge in [-0.2, -0.15) is 0 Å². The summed E-state index contributed by atoms with van der Waals surface area (Å²) in [5, 5.41) is 0. The van der Waals surface area contributed by atoms with Crippen LogP contribution >= 0.6 is 0 Å². The van der Waals surface area contributed by atoms with Gasteiger partial charge in [0.05, 0.1) is 0 Å². The topological polar surface area (TPSA) is 6.48 Å². The third-order valence-corrected chi connectivity index (χ3v) is 5.36. The Bertz CT molecular complexity index is 602. The zero-order valence-corrected chi connectivity index (χ0v) is 13.8. The molecule has 2 fully saturated rings. The lowest BCUT2D eigenvalue weighted by atomic mass is 10.1. The predicted octanol–water partition coefficient (Wildman–Crippen LogP) is 3.61. The Morgan fingerprint density at radius 2 is 1.35 bits per heavy atom. The van der Waals surface area contributed by atoms with E-state index in [9.17, 15) is 0 Å². The monoisotopic (exact) mass is 306 g/mol. The number of benzene rings is 2. The van der Waals surface area contributed by atoms with Crippen molar-refractivity contribution in [3.05, 3.63) is 71.8 Å². The Labute approximate surface area is 139 Å². The molecule has 1 saturated carbocycles. The van der Waals surface area contributed by atoms with E-state index in [2.05, 4.69) is 70.5 Å². The maximum absolute atomic E-state index is 2.68. The van der Waals surface area contributed by atoms with E-state index >= 15 is 0 Å². The molecule has 1 aliphatic heterocycles. The van der Waals surface area contributed by atoms with Crippen LogP contribution in [0, 0.1) is 5.92 Å². The molecule has 1 saturated heterocycles. The Morgan fingerprint density at radius 3 is 2.04 bits per heavy atom. The SMILES string of the molecule is c1ccc(CN2CCN(C[C@@H]3C[C@@H]3c3ccccc3)CC2)cc1.